The van der Waals surface area contributed by atoms with E-state index in [0.717, 1.165) is 12.1 Å². The molecule has 0 saturated carbocycles. The summed E-state index contributed by atoms with van der Waals surface area (Å²) in [4.78, 5) is 0. The van der Waals surface area contributed by atoms with Gasteiger partial charge in [-0.1, -0.05) is 6.08 Å². The number of hydrogen-bond donors (Lipinski definition) is 2. The van der Waals surface area contributed by atoms with E-state index in [0.29, 0.717) is 12.6 Å². The molecule has 0 aliphatic heterocycles. The summed E-state index contributed by atoms with van der Waals surface area (Å²) >= 11 is 0. The SMILES string of the molecule is C=CCNC(CN)c1cc(F)cc(C(F)(F)F)c1. The predicted octanol–water partition coefficient (Wildman–Crippen LogP) is 2.62. The molecule has 1 aromatic carbocycles. The third kappa shape index (κ3) is 3.82. The van der Waals surface area contributed by atoms with Crippen LogP contribution in [0.3, 0.4) is 0 Å². The van der Waals surface area contributed by atoms with Crippen LogP contribution in [-0.4, -0.2) is 13.1 Å². The standard InChI is InChI=1S/C12H14F4N2/c1-2-3-18-11(7-17)8-4-9(12(14,15)16)6-10(13)5-8/h2,4-6,11,18H,1,3,7,17H2. The topological polar surface area (TPSA) is 38.0 Å². The number of nitrogens with two attached hydrogens (primary N) is 1. The zero-order valence-corrected chi connectivity index (χ0v) is 9.60. The van der Waals surface area contributed by atoms with E-state index in [1.807, 2.05) is 0 Å². The minimum absolute atomic E-state index is 0.0641. The van der Waals surface area contributed by atoms with E-state index in [4.69, 9.17) is 5.73 Å². The first kappa shape index (κ1) is 14.7. The Kier molecular flexibility index (Phi) is 4.86. The molecule has 1 unspecified atom stereocenters. The van der Waals surface area contributed by atoms with Gasteiger partial charge in [-0.05, 0) is 23.8 Å². The molecule has 0 bridgehead atoms. The summed E-state index contributed by atoms with van der Waals surface area (Å²) in [7, 11) is 0. The molecular formula is C12H14F4N2. The van der Waals surface area contributed by atoms with E-state index >= 15 is 0 Å². The quantitative estimate of drug-likeness (QED) is 0.632. The Hall–Kier alpha value is -1.40. The van der Waals surface area contributed by atoms with Gasteiger partial charge in [-0.2, -0.15) is 13.2 Å². The summed E-state index contributed by atoms with van der Waals surface area (Å²) in [6, 6.07) is 1.87. The monoisotopic (exact) mass is 262 g/mol. The normalized spacial score (nSPS) is 13.4. The molecule has 6 heteroatoms. The maximum Gasteiger partial charge on any atom is 0.416 e. The average molecular weight is 262 g/mol. The van der Waals surface area contributed by atoms with Gasteiger partial charge in [-0.3, -0.25) is 0 Å². The first-order chi connectivity index (χ1) is 8.38. The van der Waals surface area contributed by atoms with Crippen LogP contribution >= 0.6 is 0 Å². The minimum Gasteiger partial charge on any atom is -0.329 e. The number of rotatable bonds is 5. The van der Waals surface area contributed by atoms with Crippen molar-refractivity contribution in [3.05, 3.63) is 47.8 Å². The highest BCUT2D eigenvalue weighted by molar-refractivity contribution is 5.29. The molecule has 1 atom stereocenters. The second-order valence-corrected chi connectivity index (χ2v) is 3.76. The molecule has 0 fully saturated rings. The van der Waals surface area contributed by atoms with Crippen LogP contribution in [0.25, 0.3) is 0 Å². The van der Waals surface area contributed by atoms with E-state index in [2.05, 4.69) is 11.9 Å². The lowest BCUT2D eigenvalue weighted by Gasteiger charge is -2.18. The molecule has 1 aromatic rings. The van der Waals surface area contributed by atoms with Crippen LogP contribution in [-0.2, 0) is 6.18 Å². The highest BCUT2D eigenvalue weighted by atomic mass is 19.4. The lowest BCUT2D eigenvalue weighted by Crippen LogP contribution is -2.28. The molecule has 2 nitrogen and oxygen atoms in total. The van der Waals surface area contributed by atoms with Gasteiger partial charge in [0.1, 0.15) is 5.82 Å². The fourth-order valence-corrected chi connectivity index (χ4v) is 1.54. The average Bonchev–Trinajstić information content (AvgIpc) is 2.28. The number of benzene rings is 1. The highest BCUT2D eigenvalue weighted by Gasteiger charge is 2.31. The van der Waals surface area contributed by atoms with E-state index in [1.165, 1.54) is 0 Å². The molecule has 1 rings (SSSR count). The first-order valence-electron chi connectivity index (χ1n) is 5.30. The lowest BCUT2D eigenvalue weighted by molar-refractivity contribution is -0.137. The van der Waals surface area contributed by atoms with E-state index in [-0.39, 0.29) is 12.1 Å². The van der Waals surface area contributed by atoms with Crippen molar-refractivity contribution in [2.75, 3.05) is 13.1 Å². The Labute approximate surface area is 102 Å². The number of nitrogens with one attached hydrogen (secondary N) is 1. The number of hydrogen-bond acceptors (Lipinski definition) is 2. The summed E-state index contributed by atoms with van der Waals surface area (Å²) in [5.41, 5.74) is 4.61. The van der Waals surface area contributed by atoms with Crippen LogP contribution in [0.15, 0.2) is 30.9 Å². The Morgan fingerprint density at radius 2 is 2.00 bits per heavy atom. The Morgan fingerprint density at radius 1 is 1.33 bits per heavy atom. The molecule has 0 amide bonds. The zero-order chi connectivity index (χ0) is 13.8. The molecule has 0 aliphatic carbocycles. The van der Waals surface area contributed by atoms with Crippen LogP contribution < -0.4 is 11.1 Å². The van der Waals surface area contributed by atoms with Crippen molar-refractivity contribution in [3.8, 4) is 0 Å². The van der Waals surface area contributed by atoms with Gasteiger partial charge in [-0.25, -0.2) is 4.39 Å². The third-order valence-electron chi connectivity index (χ3n) is 2.39. The molecule has 0 heterocycles. The second kappa shape index (κ2) is 5.97. The first-order valence-corrected chi connectivity index (χ1v) is 5.30. The van der Waals surface area contributed by atoms with Gasteiger partial charge in [-0.15, -0.1) is 6.58 Å². The van der Waals surface area contributed by atoms with Crippen molar-refractivity contribution in [2.45, 2.75) is 12.2 Å². The minimum atomic E-state index is -4.57. The van der Waals surface area contributed by atoms with Gasteiger partial charge in [0, 0.05) is 19.1 Å². The molecule has 18 heavy (non-hydrogen) atoms. The molecule has 0 aliphatic rings. The van der Waals surface area contributed by atoms with Crippen molar-refractivity contribution in [3.63, 3.8) is 0 Å². The molecular weight excluding hydrogens is 248 g/mol. The number of alkyl halides is 3. The van der Waals surface area contributed by atoms with E-state index < -0.39 is 23.6 Å². The fraction of sp³-hybridized carbons (Fsp3) is 0.333. The van der Waals surface area contributed by atoms with Crippen molar-refractivity contribution in [1.29, 1.82) is 0 Å². The van der Waals surface area contributed by atoms with Gasteiger partial charge in [0.2, 0.25) is 0 Å². The van der Waals surface area contributed by atoms with Gasteiger partial charge >= 0.3 is 6.18 Å². The van der Waals surface area contributed by atoms with Crippen molar-refractivity contribution >= 4 is 0 Å². The van der Waals surface area contributed by atoms with E-state index in [9.17, 15) is 17.6 Å². The third-order valence-corrected chi connectivity index (χ3v) is 2.39. The lowest BCUT2D eigenvalue weighted by atomic mass is 10.0. The van der Waals surface area contributed by atoms with Gasteiger partial charge in [0.15, 0.2) is 0 Å². The van der Waals surface area contributed by atoms with Crippen molar-refractivity contribution < 1.29 is 17.6 Å². The molecule has 0 saturated heterocycles. The van der Waals surface area contributed by atoms with Gasteiger partial charge in [0.05, 0.1) is 5.56 Å². The Morgan fingerprint density at radius 3 is 2.50 bits per heavy atom. The summed E-state index contributed by atoms with van der Waals surface area (Å²) in [6.45, 7) is 3.92. The largest absolute Gasteiger partial charge is 0.416 e. The van der Waals surface area contributed by atoms with Crippen LogP contribution in [0.5, 0.6) is 0 Å². The zero-order valence-electron chi connectivity index (χ0n) is 9.60. The predicted molar refractivity (Wildman–Crippen MR) is 61.4 cm³/mol. The summed E-state index contributed by atoms with van der Waals surface area (Å²) in [6.07, 6.45) is -3.03. The molecule has 3 N–H and O–H groups in total. The van der Waals surface area contributed by atoms with Crippen LogP contribution in [0, 0.1) is 5.82 Å². The second-order valence-electron chi connectivity index (χ2n) is 3.76. The Balaban J connectivity index is 3.07. The fourth-order valence-electron chi connectivity index (χ4n) is 1.54. The Bertz CT molecular complexity index is 415. The smallest absolute Gasteiger partial charge is 0.329 e. The van der Waals surface area contributed by atoms with Crippen LogP contribution in [0.1, 0.15) is 17.2 Å². The maximum absolute atomic E-state index is 13.2. The highest BCUT2D eigenvalue weighted by Crippen LogP contribution is 2.31. The van der Waals surface area contributed by atoms with E-state index in [1.54, 1.807) is 6.08 Å². The summed E-state index contributed by atoms with van der Waals surface area (Å²) < 4.78 is 50.8. The molecule has 0 radical (unpaired) electrons. The number of halogens is 4. The molecule has 0 aromatic heterocycles. The molecule has 100 valence electrons. The van der Waals surface area contributed by atoms with Crippen molar-refractivity contribution in [1.82, 2.24) is 5.32 Å². The van der Waals surface area contributed by atoms with Crippen molar-refractivity contribution in [2.24, 2.45) is 5.73 Å². The van der Waals surface area contributed by atoms with Crippen LogP contribution in [0.4, 0.5) is 17.6 Å². The maximum atomic E-state index is 13.2. The summed E-state index contributed by atoms with van der Waals surface area (Å²) in [5.74, 6) is -0.932. The molecule has 0 spiro atoms. The van der Waals surface area contributed by atoms with Gasteiger partial charge < -0.3 is 11.1 Å². The summed E-state index contributed by atoms with van der Waals surface area (Å²) in [5, 5.41) is 2.86. The van der Waals surface area contributed by atoms with Gasteiger partial charge in [0.25, 0.3) is 0 Å². The van der Waals surface area contributed by atoms with Crippen LogP contribution in [0.2, 0.25) is 0 Å².